The van der Waals surface area contributed by atoms with Gasteiger partial charge in [-0.25, -0.2) is 0 Å². The molecule has 1 atom stereocenters. The van der Waals surface area contributed by atoms with Gasteiger partial charge in [-0.05, 0) is 31.5 Å². The molecule has 2 nitrogen and oxygen atoms in total. The SMILES string of the molecule is Cl.c1coc([C@@H]2CCCN2)c1. The Morgan fingerprint density at radius 2 is 2.45 bits per heavy atom. The molecule has 11 heavy (non-hydrogen) atoms. The third kappa shape index (κ3) is 1.76. The highest BCUT2D eigenvalue weighted by molar-refractivity contribution is 5.85. The molecular weight excluding hydrogens is 162 g/mol. The van der Waals surface area contributed by atoms with E-state index < -0.39 is 0 Å². The van der Waals surface area contributed by atoms with Crippen molar-refractivity contribution in [3.05, 3.63) is 24.2 Å². The van der Waals surface area contributed by atoms with Crippen LogP contribution in [0.1, 0.15) is 24.6 Å². The predicted octanol–water partition coefficient (Wildman–Crippen LogP) is 2.13. The first-order valence-corrected chi connectivity index (χ1v) is 3.73. The highest BCUT2D eigenvalue weighted by atomic mass is 35.5. The largest absolute Gasteiger partial charge is 0.468 e. The third-order valence-electron chi connectivity index (χ3n) is 1.95. The van der Waals surface area contributed by atoms with Crippen LogP contribution in [0.15, 0.2) is 22.8 Å². The molecule has 1 aliphatic rings. The fourth-order valence-electron chi connectivity index (χ4n) is 1.42. The summed E-state index contributed by atoms with van der Waals surface area (Å²) < 4.78 is 5.25. The highest BCUT2D eigenvalue weighted by Crippen LogP contribution is 2.22. The van der Waals surface area contributed by atoms with Gasteiger partial charge in [-0.2, -0.15) is 0 Å². The van der Waals surface area contributed by atoms with Gasteiger partial charge in [0.25, 0.3) is 0 Å². The second-order valence-electron chi connectivity index (χ2n) is 2.66. The van der Waals surface area contributed by atoms with E-state index >= 15 is 0 Å². The van der Waals surface area contributed by atoms with Crippen LogP contribution < -0.4 is 5.32 Å². The van der Waals surface area contributed by atoms with Gasteiger partial charge in [0.15, 0.2) is 0 Å². The first kappa shape index (κ1) is 8.62. The summed E-state index contributed by atoms with van der Waals surface area (Å²) >= 11 is 0. The maximum atomic E-state index is 5.25. The zero-order chi connectivity index (χ0) is 6.81. The number of rotatable bonds is 1. The average Bonchev–Trinajstić information content (AvgIpc) is 2.59. The fraction of sp³-hybridized carbons (Fsp3) is 0.500. The van der Waals surface area contributed by atoms with Gasteiger partial charge in [-0.1, -0.05) is 0 Å². The smallest absolute Gasteiger partial charge is 0.120 e. The lowest BCUT2D eigenvalue weighted by molar-refractivity contribution is 0.446. The number of furan rings is 1. The molecule has 1 saturated heterocycles. The molecular formula is C8H12ClNO. The number of hydrogen-bond donors (Lipinski definition) is 1. The maximum Gasteiger partial charge on any atom is 0.120 e. The van der Waals surface area contributed by atoms with Gasteiger partial charge in [-0.15, -0.1) is 12.4 Å². The van der Waals surface area contributed by atoms with Crippen LogP contribution in [0.3, 0.4) is 0 Å². The molecule has 0 bridgehead atoms. The normalized spacial score (nSPS) is 23.1. The molecule has 2 heterocycles. The van der Waals surface area contributed by atoms with E-state index in [1.807, 2.05) is 12.1 Å². The van der Waals surface area contributed by atoms with Crippen molar-refractivity contribution in [3.63, 3.8) is 0 Å². The topological polar surface area (TPSA) is 25.2 Å². The Morgan fingerprint density at radius 1 is 1.55 bits per heavy atom. The molecule has 0 aromatic carbocycles. The van der Waals surface area contributed by atoms with Crippen LogP contribution in [0, 0.1) is 0 Å². The van der Waals surface area contributed by atoms with E-state index in [9.17, 15) is 0 Å². The molecule has 0 spiro atoms. The summed E-state index contributed by atoms with van der Waals surface area (Å²) in [5.74, 6) is 1.08. The van der Waals surface area contributed by atoms with Crippen molar-refractivity contribution in [2.45, 2.75) is 18.9 Å². The molecule has 1 N–H and O–H groups in total. The first-order valence-electron chi connectivity index (χ1n) is 3.73. The molecule has 0 radical (unpaired) electrons. The van der Waals surface area contributed by atoms with Crippen molar-refractivity contribution in [1.82, 2.24) is 5.32 Å². The highest BCUT2D eigenvalue weighted by Gasteiger charge is 2.17. The van der Waals surface area contributed by atoms with E-state index in [-0.39, 0.29) is 12.4 Å². The molecule has 1 fully saturated rings. The minimum absolute atomic E-state index is 0. The van der Waals surface area contributed by atoms with Crippen LogP contribution in [0.5, 0.6) is 0 Å². The van der Waals surface area contributed by atoms with Gasteiger partial charge in [0.05, 0.1) is 12.3 Å². The van der Waals surface area contributed by atoms with E-state index in [4.69, 9.17) is 4.42 Å². The second kappa shape index (κ2) is 3.79. The van der Waals surface area contributed by atoms with Crippen molar-refractivity contribution in [2.75, 3.05) is 6.54 Å². The van der Waals surface area contributed by atoms with Crippen LogP contribution in [-0.2, 0) is 0 Å². The monoisotopic (exact) mass is 173 g/mol. The molecule has 0 amide bonds. The van der Waals surface area contributed by atoms with Crippen molar-refractivity contribution in [3.8, 4) is 0 Å². The van der Waals surface area contributed by atoms with Gasteiger partial charge >= 0.3 is 0 Å². The number of halogens is 1. The van der Waals surface area contributed by atoms with Gasteiger partial charge in [0.2, 0.25) is 0 Å². The minimum atomic E-state index is 0. The molecule has 0 saturated carbocycles. The summed E-state index contributed by atoms with van der Waals surface area (Å²) in [4.78, 5) is 0. The average molecular weight is 174 g/mol. The van der Waals surface area contributed by atoms with Gasteiger partial charge in [-0.3, -0.25) is 0 Å². The molecule has 0 aliphatic carbocycles. The van der Waals surface area contributed by atoms with E-state index in [0.717, 1.165) is 12.3 Å². The van der Waals surface area contributed by atoms with Crippen LogP contribution in [0.2, 0.25) is 0 Å². The summed E-state index contributed by atoms with van der Waals surface area (Å²) in [6, 6.07) is 4.45. The zero-order valence-corrected chi connectivity index (χ0v) is 7.06. The summed E-state index contributed by atoms with van der Waals surface area (Å²) in [6.07, 6.45) is 4.22. The zero-order valence-electron chi connectivity index (χ0n) is 6.25. The van der Waals surface area contributed by atoms with Gasteiger partial charge < -0.3 is 9.73 Å². The van der Waals surface area contributed by atoms with E-state index in [1.165, 1.54) is 12.8 Å². The Kier molecular flexibility index (Phi) is 2.97. The van der Waals surface area contributed by atoms with Crippen LogP contribution in [-0.4, -0.2) is 6.54 Å². The van der Waals surface area contributed by atoms with E-state index in [2.05, 4.69) is 5.32 Å². The standard InChI is InChI=1S/C8H11NO.ClH/c1-3-7(9-5-1)8-4-2-6-10-8;/h2,4,6-7,9H,1,3,5H2;1H/t7-;/m0./s1. The quantitative estimate of drug-likeness (QED) is 0.704. The van der Waals surface area contributed by atoms with Crippen molar-refractivity contribution in [2.24, 2.45) is 0 Å². The molecule has 1 aromatic rings. The summed E-state index contributed by atoms with van der Waals surface area (Å²) in [6.45, 7) is 1.13. The van der Waals surface area contributed by atoms with Crippen molar-refractivity contribution < 1.29 is 4.42 Å². The summed E-state index contributed by atoms with van der Waals surface area (Å²) in [5.41, 5.74) is 0. The molecule has 62 valence electrons. The van der Waals surface area contributed by atoms with Crippen LogP contribution in [0.25, 0.3) is 0 Å². The lowest BCUT2D eigenvalue weighted by Gasteiger charge is -2.03. The fourth-order valence-corrected chi connectivity index (χ4v) is 1.42. The molecule has 0 unspecified atom stereocenters. The lowest BCUT2D eigenvalue weighted by atomic mass is 10.2. The van der Waals surface area contributed by atoms with Gasteiger partial charge in [0, 0.05) is 0 Å². The van der Waals surface area contributed by atoms with Crippen molar-refractivity contribution in [1.29, 1.82) is 0 Å². The van der Waals surface area contributed by atoms with E-state index in [1.54, 1.807) is 6.26 Å². The number of nitrogens with one attached hydrogen (secondary N) is 1. The molecule has 1 aliphatic heterocycles. The van der Waals surface area contributed by atoms with E-state index in [0.29, 0.717) is 6.04 Å². The third-order valence-corrected chi connectivity index (χ3v) is 1.95. The lowest BCUT2D eigenvalue weighted by Crippen LogP contribution is -2.11. The maximum absolute atomic E-state index is 5.25. The van der Waals surface area contributed by atoms with Crippen molar-refractivity contribution >= 4 is 12.4 Å². The Hall–Kier alpha value is -0.470. The second-order valence-corrected chi connectivity index (χ2v) is 2.66. The Balaban J connectivity index is 0.000000605. The molecule has 2 rings (SSSR count). The molecule has 3 heteroatoms. The summed E-state index contributed by atoms with van der Waals surface area (Å²) in [5, 5.41) is 3.37. The number of hydrogen-bond acceptors (Lipinski definition) is 2. The predicted molar refractivity (Wildman–Crippen MR) is 45.9 cm³/mol. The first-order chi connectivity index (χ1) is 4.97. The van der Waals surface area contributed by atoms with Crippen LogP contribution >= 0.6 is 12.4 Å². The molecule has 1 aromatic heterocycles. The Labute approximate surface area is 72.4 Å². The summed E-state index contributed by atoms with van der Waals surface area (Å²) in [7, 11) is 0. The Morgan fingerprint density at radius 3 is 3.00 bits per heavy atom. The van der Waals surface area contributed by atoms with Gasteiger partial charge in [0.1, 0.15) is 5.76 Å². The minimum Gasteiger partial charge on any atom is -0.468 e. The van der Waals surface area contributed by atoms with Crippen LogP contribution in [0.4, 0.5) is 0 Å². The Bertz CT molecular complexity index is 192.